The lowest BCUT2D eigenvalue weighted by atomic mass is 9.81. The van der Waals surface area contributed by atoms with E-state index in [0.717, 1.165) is 24.9 Å². The molecule has 0 aromatic heterocycles. The maximum absolute atomic E-state index is 3.71. The first kappa shape index (κ1) is 14.9. The van der Waals surface area contributed by atoms with Crippen molar-refractivity contribution in [1.29, 1.82) is 0 Å². The van der Waals surface area contributed by atoms with Gasteiger partial charge < -0.3 is 10.6 Å². The molecule has 0 radical (unpaired) electrons. The second-order valence-corrected chi connectivity index (χ2v) is 6.91. The topological polar surface area (TPSA) is 24.1 Å². The molecule has 2 N–H and O–H groups in total. The third-order valence-electron chi connectivity index (χ3n) is 5.45. The molecular weight excluding hydrogens is 256 g/mol. The highest BCUT2D eigenvalue weighted by molar-refractivity contribution is 5.59. The lowest BCUT2D eigenvalue weighted by Gasteiger charge is -2.28. The Bertz CT molecular complexity index is 447. The molecule has 0 bridgehead atoms. The van der Waals surface area contributed by atoms with E-state index >= 15 is 0 Å². The van der Waals surface area contributed by atoms with Crippen LogP contribution < -0.4 is 10.6 Å². The molecule has 0 spiro atoms. The van der Waals surface area contributed by atoms with E-state index < -0.39 is 0 Å². The van der Waals surface area contributed by atoms with Crippen molar-refractivity contribution in [2.75, 3.05) is 18.4 Å². The van der Waals surface area contributed by atoms with Gasteiger partial charge in [-0.2, -0.15) is 0 Å². The van der Waals surface area contributed by atoms with E-state index in [1.54, 1.807) is 0 Å². The number of para-hydroxylation sites is 1. The molecule has 0 unspecified atom stereocenters. The van der Waals surface area contributed by atoms with Crippen molar-refractivity contribution in [1.82, 2.24) is 5.32 Å². The zero-order chi connectivity index (χ0) is 14.5. The van der Waals surface area contributed by atoms with E-state index in [0.29, 0.717) is 0 Å². The van der Waals surface area contributed by atoms with Crippen LogP contribution in [0.25, 0.3) is 0 Å². The fourth-order valence-electron chi connectivity index (χ4n) is 3.98. The van der Waals surface area contributed by atoms with Crippen molar-refractivity contribution in [2.45, 2.75) is 58.4 Å². The van der Waals surface area contributed by atoms with Gasteiger partial charge >= 0.3 is 0 Å². The van der Waals surface area contributed by atoms with Crippen LogP contribution in [0.2, 0.25) is 0 Å². The van der Waals surface area contributed by atoms with Gasteiger partial charge in [-0.05, 0) is 55.2 Å². The molecule has 1 aliphatic heterocycles. The van der Waals surface area contributed by atoms with Crippen molar-refractivity contribution in [3.05, 3.63) is 29.3 Å². The number of fused-ring (bicyclic) bond motifs is 1. The van der Waals surface area contributed by atoms with Crippen LogP contribution in [0, 0.1) is 11.8 Å². The molecule has 0 atom stereocenters. The predicted octanol–water partition coefficient (Wildman–Crippen LogP) is 4.35. The van der Waals surface area contributed by atoms with Crippen molar-refractivity contribution in [3.63, 3.8) is 0 Å². The Labute approximate surface area is 129 Å². The normalized spacial score (nSPS) is 25.2. The van der Waals surface area contributed by atoms with E-state index in [-0.39, 0.29) is 0 Å². The van der Waals surface area contributed by atoms with Gasteiger partial charge in [0.1, 0.15) is 0 Å². The van der Waals surface area contributed by atoms with Crippen LogP contribution in [0.1, 0.15) is 56.6 Å². The first-order valence-corrected chi connectivity index (χ1v) is 8.92. The van der Waals surface area contributed by atoms with Crippen molar-refractivity contribution < 1.29 is 0 Å². The van der Waals surface area contributed by atoms with Crippen molar-refractivity contribution in [2.24, 2.45) is 11.8 Å². The minimum absolute atomic E-state index is 0.903. The molecule has 2 nitrogen and oxygen atoms in total. The van der Waals surface area contributed by atoms with Gasteiger partial charge in [-0.3, -0.25) is 0 Å². The maximum atomic E-state index is 3.71. The largest absolute Gasteiger partial charge is 0.385 e. The lowest BCUT2D eigenvalue weighted by Crippen LogP contribution is -2.27. The first-order valence-electron chi connectivity index (χ1n) is 8.92. The number of anilines is 1. The Morgan fingerprint density at radius 3 is 2.76 bits per heavy atom. The average molecular weight is 286 g/mol. The molecule has 21 heavy (non-hydrogen) atoms. The monoisotopic (exact) mass is 286 g/mol. The Balaban J connectivity index is 1.48. The van der Waals surface area contributed by atoms with Gasteiger partial charge in [-0.1, -0.05) is 44.4 Å². The minimum atomic E-state index is 0.903. The molecule has 0 saturated heterocycles. The standard InChI is InChI=1S/C19H30N2/c1-2-15-8-10-16(11-9-15)13-20-14-18-6-3-5-17-7-4-12-21-19(17)18/h3,5-6,15-16,20-21H,2,4,7-14H2,1H3. The predicted molar refractivity (Wildman–Crippen MR) is 90.7 cm³/mol. The Kier molecular flexibility index (Phi) is 5.18. The molecule has 116 valence electrons. The van der Waals surface area contributed by atoms with E-state index in [4.69, 9.17) is 0 Å². The number of benzene rings is 1. The summed E-state index contributed by atoms with van der Waals surface area (Å²) in [6.45, 7) is 5.68. The summed E-state index contributed by atoms with van der Waals surface area (Å²) in [5, 5.41) is 7.31. The van der Waals surface area contributed by atoms with Crippen LogP contribution in [-0.2, 0) is 13.0 Å². The van der Waals surface area contributed by atoms with E-state index in [9.17, 15) is 0 Å². The molecule has 1 aromatic rings. The Hall–Kier alpha value is -1.02. The van der Waals surface area contributed by atoms with Gasteiger partial charge in [0.2, 0.25) is 0 Å². The summed E-state index contributed by atoms with van der Waals surface area (Å²) in [6.07, 6.45) is 9.63. The van der Waals surface area contributed by atoms with Crippen LogP contribution in [0.15, 0.2) is 18.2 Å². The number of rotatable bonds is 5. The van der Waals surface area contributed by atoms with Gasteiger partial charge in [0, 0.05) is 18.8 Å². The van der Waals surface area contributed by atoms with Crippen LogP contribution >= 0.6 is 0 Å². The third-order valence-corrected chi connectivity index (χ3v) is 5.45. The SMILES string of the molecule is CCC1CCC(CNCc2cccc3c2NCCC3)CC1. The fraction of sp³-hybridized carbons (Fsp3) is 0.684. The smallest absolute Gasteiger partial charge is 0.0418 e. The molecule has 1 aliphatic carbocycles. The Morgan fingerprint density at radius 1 is 1.14 bits per heavy atom. The summed E-state index contributed by atoms with van der Waals surface area (Å²) in [7, 11) is 0. The first-order chi connectivity index (χ1) is 10.4. The average Bonchev–Trinajstić information content (AvgIpc) is 2.56. The number of aryl methyl sites for hydroxylation is 1. The van der Waals surface area contributed by atoms with Crippen LogP contribution in [0.5, 0.6) is 0 Å². The third kappa shape index (κ3) is 3.79. The molecular formula is C19H30N2. The molecule has 3 rings (SSSR count). The zero-order valence-electron chi connectivity index (χ0n) is 13.5. The molecule has 0 amide bonds. The van der Waals surface area contributed by atoms with Crippen LogP contribution in [0.3, 0.4) is 0 Å². The maximum Gasteiger partial charge on any atom is 0.0418 e. The second kappa shape index (κ2) is 7.31. The lowest BCUT2D eigenvalue weighted by molar-refractivity contribution is 0.262. The van der Waals surface area contributed by atoms with Gasteiger partial charge in [0.15, 0.2) is 0 Å². The molecule has 2 aliphatic rings. The molecule has 1 aromatic carbocycles. The Morgan fingerprint density at radius 2 is 1.95 bits per heavy atom. The summed E-state index contributed by atoms with van der Waals surface area (Å²) in [5.74, 6) is 1.91. The summed E-state index contributed by atoms with van der Waals surface area (Å²) < 4.78 is 0. The summed E-state index contributed by atoms with van der Waals surface area (Å²) in [5.41, 5.74) is 4.37. The van der Waals surface area contributed by atoms with Gasteiger partial charge in [-0.25, -0.2) is 0 Å². The minimum Gasteiger partial charge on any atom is -0.385 e. The molecule has 1 saturated carbocycles. The molecule has 2 heteroatoms. The number of hydrogen-bond donors (Lipinski definition) is 2. The van der Waals surface area contributed by atoms with Crippen molar-refractivity contribution in [3.8, 4) is 0 Å². The van der Waals surface area contributed by atoms with Gasteiger partial charge in [0.25, 0.3) is 0 Å². The van der Waals surface area contributed by atoms with E-state index in [1.807, 2.05) is 0 Å². The highest BCUT2D eigenvalue weighted by Gasteiger charge is 2.19. The van der Waals surface area contributed by atoms with E-state index in [2.05, 4.69) is 35.8 Å². The van der Waals surface area contributed by atoms with Gasteiger partial charge in [0.05, 0.1) is 0 Å². The van der Waals surface area contributed by atoms with Crippen LogP contribution in [-0.4, -0.2) is 13.1 Å². The molecule has 1 fully saturated rings. The zero-order valence-corrected chi connectivity index (χ0v) is 13.5. The van der Waals surface area contributed by atoms with Gasteiger partial charge in [-0.15, -0.1) is 0 Å². The highest BCUT2D eigenvalue weighted by atomic mass is 14.9. The fourth-order valence-corrected chi connectivity index (χ4v) is 3.98. The van der Waals surface area contributed by atoms with Crippen molar-refractivity contribution >= 4 is 5.69 Å². The quantitative estimate of drug-likeness (QED) is 0.841. The summed E-state index contributed by atoms with van der Waals surface area (Å²) >= 11 is 0. The summed E-state index contributed by atoms with van der Waals surface area (Å²) in [4.78, 5) is 0. The second-order valence-electron chi connectivity index (χ2n) is 6.91. The highest BCUT2D eigenvalue weighted by Crippen LogP contribution is 2.30. The summed E-state index contributed by atoms with van der Waals surface area (Å²) in [6, 6.07) is 6.77. The number of nitrogens with one attached hydrogen (secondary N) is 2. The van der Waals surface area contributed by atoms with E-state index in [1.165, 1.54) is 68.3 Å². The number of hydrogen-bond acceptors (Lipinski definition) is 2. The van der Waals surface area contributed by atoms with Crippen LogP contribution in [0.4, 0.5) is 5.69 Å². The molecule has 1 heterocycles.